The molecule has 1 aromatic rings. The van der Waals surface area contributed by atoms with Gasteiger partial charge in [-0.1, -0.05) is 18.5 Å². The molecular weight excluding hydrogens is 226 g/mol. The molecule has 0 amide bonds. The largest absolute Gasteiger partial charge is 0.385 e. The fraction of sp³-hybridized carbons (Fsp3) is 0.636. The summed E-state index contributed by atoms with van der Waals surface area (Å²) >= 11 is 6.03. The zero-order valence-electron chi connectivity index (χ0n) is 10.0. The van der Waals surface area contributed by atoms with Crippen LogP contribution in [0.2, 0.25) is 5.15 Å². The van der Waals surface area contributed by atoms with Crippen molar-refractivity contribution in [3.63, 3.8) is 0 Å². The van der Waals surface area contributed by atoms with Crippen LogP contribution in [0, 0.1) is 0 Å². The first-order valence-electron chi connectivity index (χ1n) is 5.40. The van der Waals surface area contributed by atoms with Crippen molar-refractivity contribution >= 4 is 17.4 Å². The van der Waals surface area contributed by atoms with Crippen LogP contribution >= 0.6 is 11.6 Å². The Hall–Kier alpha value is -0.870. The van der Waals surface area contributed by atoms with Crippen LogP contribution in [0.15, 0.2) is 6.33 Å². The van der Waals surface area contributed by atoms with Crippen LogP contribution in [0.3, 0.4) is 0 Å². The Morgan fingerprint density at radius 3 is 2.81 bits per heavy atom. The first-order valence-corrected chi connectivity index (χ1v) is 5.78. The number of aromatic nitrogens is 2. The SMILES string of the molecule is CCc1c(Cl)ncnc1N(C)CCCOC. The Morgan fingerprint density at radius 2 is 2.19 bits per heavy atom. The second-order valence-electron chi connectivity index (χ2n) is 3.59. The van der Waals surface area contributed by atoms with Crippen molar-refractivity contribution in [2.24, 2.45) is 0 Å². The first kappa shape index (κ1) is 13.2. The molecule has 0 spiro atoms. The van der Waals surface area contributed by atoms with E-state index in [1.54, 1.807) is 7.11 Å². The van der Waals surface area contributed by atoms with Crippen molar-refractivity contribution in [2.75, 3.05) is 32.2 Å². The predicted octanol–water partition coefficient (Wildman–Crippen LogP) is 2.17. The summed E-state index contributed by atoms with van der Waals surface area (Å²) in [6.45, 7) is 3.70. The average molecular weight is 244 g/mol. The third-order valence-electron chi connectivity index (χ3n) is 2.43. The maximum Gasteiger partial charge on any atom is 0.137 e. The number of hydrogen-bond acceptors (Lipinski definition) is 4. The lowest BCUT2D eigenvalue weighted by molar-refractivity contribution is 0.196. The van der Waals surface area contributed by atoms with Crippen LogP contribution in [0.25, 0.3) is 0 Å². The van der Waals surface area contributed by atoms with Gasteiger partial charge in [0.1, 0.15) is 17.3 Å². The molecule has 0 atom stereocenters. The van der Waals surface area contributed by atoms with Gasteiger partial charge in [-0.15, -0.1) is 0 Å². The standard InChI is InChI=1S/C11H18ClN3O/c1-4-9-10(12)13-8-14-11(9)15(2)6-5-7-16-3/h8H,4-7H2,1-3H3. The molecule has 0 aliphatic carbocycles. The number of anilines is 1. The van der Waals surface area contributed by atoms with Crippen LogP contribution in [-0.2, 0) is 11.2 Å². The molecule has 5 heteroatoms. The fourth-order valence-electron chi connectivity index (χ4n) is 1.57. The monoisotopic (exact) mass is 243 g/mol. The van der Waals surface area contributed by atoms with Gasteiger partial charge in [-0.3, -0.25) is 0 Å². The third kappa shape index (κ3) is 3.32. The molecule has 90 valence electrons. The molecule has 0 unspecified atom stereocenters. The molecule has 0 saturated carbocycles. The summed E-state index contributed by atoms with van der Waals surface area (Å²) in [5, 5.41) is 0.547. The Balaban J connectivity index is 2.74. The molecule has 0 aromatic carbocycles. The van der Waals surface area contributed by atoms with E-state index in [1.807, 2.05) is 7.05 Å². The highest BCUT2D eigenvalue weighted by atomic mass is 35.5. The molecule has 1 rings (SSSR count). The molecule has 1 aromatic heterocycles. The Bertz CT molecular complexity index is 333. The number of halogens is 1. The Morgan fingerprint density at radius 1 is 1.44 bits per heavy atom. The van der Waals surface area contributed by atoms with Gasteiger partial charge in [-0.25, -0.2) is 9.97 Å². The maximum atomic E-state index is 6.03. The smallest absolute Gasteiger partial charge is 0.137 e. The van der Waals surface area contributed by atoms with E-state index >= 15 is 0 Å². The zero-order valence-corrected chi connectivity index (χ0v) is 10.8. The first-order chi connectivity index (χ1) is 7.70. The molecular formula is C11H18ClN3O. The van der Waals surface area contributed by atoms with Crippen LogP contribution in [0.5, 0.6) is 0 Å². The molecule has 0 saturated heterocycles. The van der Waals surface area contributed by atoms with Crippen LogP contribution in [0.4, 0.5) is 5.82 Å². The summed E-state index contributed by atoms with van der Waals surface area (Å²) in [7, 11) is 3.71. The fourth-order valence-corrected chi connectivity index (χ4v) is 1.83. The quantitative estimate of drug-likeness (QED) is 0.567. The highest BCUT2D eigenvalue weighted by Gasteiger charge is 2.11. The minimum absolute atomic E-state index is 0.547. The lowest BCUT2D eigenvalue weighted by atomic mass is 10.2. The molecule has 0 fully saturated rings. The molecule has 1 heterocycles. The summed E-state index contributed by atoms with van der Waals surface area (Å²) in [5.41, 5.74) is 1.00. The van der Waals surface area contributed by atoms with Crippen LogP contribution < -0.4 is 4.90 Å². The van der Waals surface area contributed by atoms with E-state index in [0.29, 0.717) is 5.15 Å². The van der Waals surface area contributed by atoms with Gasteiger partial charge in [0.05, 0.1) is 0 Å². The van der Waals surface area contributed by atoms with Gasteiger partial charge in [0.25, 0.3) is 0 Å². The summed E-state index contributed by atoms with van der Waals surface area (Å²) in [5.74, 6) is 0.915. The van der Waals surface area contributed by atoms with E-state index in [9.17, 15) is 0 Å². The molecule has 4 nitrogen and oxygen atoms in total. The Labute approximate surface area is 102 Å². The lowest BCUT2D eigenvalue weighted by Crippen LogP contribution is -2.22. The lowest BCUT2D eigenvalue weighted by Gasteiger charge is -2.20. The molecule has 0 N–H and O–H groups in total. The topological polar surface area (TPSA) is 38.2 Å². The van der Waals surface area contributed by atoms with Crippen LogP contribution in [-0.4, -0.2) is 37.3 Å². The van der Waals surface area contributed by atoms with Crippen molar-refractivity contribution in [1.29, 1.82) is 0 Å². The normalized spacial score (nSPS) is 10.5. The van der Waals surface area contributed by atoms with E-state index in [1.165, 1.54) is 6.33 Å². The van der Waals surface area contributed by atoms with E-state index in [2.05, 4.69) is 21.8 Å². The van der Waals surface area contributed by atoms with Gasteiger partial charge in [-0.2, -0.15) is 0 Å². The molecule has 0 aliphatic heterocycles. The van der Waals surface area contributed by atoms with Gasteiger partial charge in [0.2, 0.25) is 0 Å². The van der Waals surface area contributed by atoms with Gasteiger partial charge in [-0.05, 0) is 12.8 Å². The average Bonchev–Trinajstić information content (AvgIpc) is 2.29. The van der Waals surface area contributed by atoms with E-state index < -0.39 is 0 Å². The minimum atomic E-state index is 0.547. The second-order valence-corrected chi connectivity index (χ2v) is 3.95. The van der Waals surface area contributed by atoms with Gasteiger partial charge < -0.3 is 9.64 Å². The van der Waals surface area contributed by atoms with Gasteiger partial charge in [0.15, 0.2) is 0 Å². The van der Waals surface area contributed by atoms with Crippen LogP contribution in [0.1, 0.15) is 18.9 Å². The molecule has 0 radical (unpaired) electrons. The van der Waals surface area contributed by atoms with E-state index in [4.69, 9.17) is 16.3 Å². The Kier molecular flexibility index (Phi) is 5.49. The number of rotatable bonds is 6. The summed E-state index contributed by atoms with van der Waals surface area (Å²) in [6, 6.07) is 0. The van der Waals surface area contributed by atoms with Gasteiger partial charge >= 0.3 is 0 Å². The van der Waals surface area contributed by atoms with Crippen molar-refractivity contribution in [1.82, 2.24) is 9.97 Å². The van der Waals surface area contributed by atoms with E-state index in [0.717, 1.165) is 37.4 Å². The third-order valence-corrected chi connectivity index (χ3v) is 2.75. The maximum absolute atomic E-state index is 6.03. The zero-order chi connectivity index (χ0) is 12.0. The number of ether oxygens (including phenoxy) is 1. The second kappa shape index (κ2) is 6.66. The molecule has 16 heavy (non-hydrogen) atoms. The molecule has 0 aliphatic rings. The summed E-state index contributed by atoms with van der Waals surface area (Å²) < 4.78 is 5.02. The van der Waals surface area contributed by atoms with Crippen molar-refractivity contribution in [2.45, 2.75) is 19.8 Å². The highest BCUT2D eigenvalue weighted by Crippen LogP contribution is 2.22. The number of hydrogen-bond donors (Lipinski definition) is 0. The summed E-state index contributed by atoms with van der Waals surface area (Å²) in [6.07, 6.45) is 3.31. The molecule has 0 bridgehead atoms. The van der Waals surface area contributed by atoms with Crippen molar-refractivity contribution < 1.29 is 4.74 Å². The van der Waals surface area contributed by atoms with E-state index in [-0.39, 0.29) is 0 Å². The highest BCUT2D eigenvalue weighted by molar-refractivity contribution is 6.30. The van der Waals surface area contributed by atoms with Crippen molar-refractivity contribution in [3.05, 3.63) is 17.0 Å². The minimum Gasteiger partial charge on any atom is -0.385 e. The van der Waals surface area contributed by atoms with Gasteiger partial charge in [0, 0.05) is 32.9 Å². The van der Waals surface area contributed by atoms with Crippen molar-refractivity contribution in [3.8, 4) is 0 Å². The number of nitrogens with zero attached hydrogens (tertiary/aromatic N) is 3. The predicted molar refractivity (Wildman–Crippen MR) is 66.2 cm³/mol. The summed E-state index contributed by atoms with van der Waals surface area (Å²) in [4.78, 5) is 10.4. The number of methoxy groups -OCH3 is 1.